The third kappa shape index (κ3) is 4.24. The molecular formula is C20H14F2N2O4. The molecule has 3 aromatic carbocycles. The van der Waals surface area contributed by atoms with E-state index in [1.165, 1.54) is 24.3 Å². The van der Waals surface area contributed by atoms with Crippen LogP contribution in [0.3, 0.4) is 0 Å². The first-order valence-corrected chi connectivity index (χ1v) is 8.03. The minimum absolute atomic E-state index is 0.0990. The van der Waals surface area contributed by atoms with Crippen LogP contribution in [0.15, 0.2) is 60.7 Å². The molecule has 0 aromatic heterocycles. The SMILES string of the molecule is O=C(Nc1ccc(C(=O)Nc2ccccc2O)c(O)c1)c1cc(F)cc(F)c1. The summed E-state index contributed by atoms with van der Waals surface area (Å²) in [6.45, 7) is 0. The molecule has 3 aromatic rings. The van der Waals surface area contributed by atoms with Crippen LogP contribution in [-0.2, 0) is 0 Å². The molecule has 4 N–H and O–H groups in total. The van der Waals surface area contributed by atoms with Gasteiger partial charge in [-0.15, -0.1) is 0 Å². The van der Waals surface area contributed by atoms with Crippen LogP contribution in [0.25, 0.3) is 0 Å². The summed E-state index contributed by atoms with van der Waals surface area (Å²) in [5, 5.41) is 24.6. The predicted molar refractivity (Wildman–Crippen MR) is 98.5 cm³/mol. The van der Waals surface area contributed by atoms with E-state index in [1.807, 2.05) is 0 Å². The Morgan fingerprint density at radius 1 is 0.750 bits per heavy atom. The molecule has 0 aliphatic rings. The standard InChI is InChI=1S/C20H14F2N2O4/c21-12-7-11(8-13(22)9-12)19(27)23-14-5-6-15(18(26)10-14)20(28)24-16-3-1-2-4-17(16)25/h1-10,25-26H,(H,23,27)(H,24,28). The highest BCUT2D eigenvalue weighted by Gasteiger charge is 2.15. The number of halogens is 2. The molecule has 2 amide bonds. The summed E-state index contributed by atoms with van der Waals surface area (Å²) in [5.41, 5.74) is -0.0555. The number of hydrogen-bond donors (Lipinski definition) is 4. The number of nitrogens with one attached hydrogen (secondary N) is 2. The first-order valence-electron chi connectivity index (χ1n) is 8.03. The number of rotatable bonds is 4. The second-order valence-corrected chi connectivity index (χ2v) is 5.82. The predicted octanol–water partition coefficient (Wildman–Crippen LogP) is 3.88. The van der Waals surface area contributed by atoms with Crippen LogP contribution in [0.2, 0.25) is 0 Å². The summed E-state index contributed by atoms with van der Waals surface area (Å²) < 4.78 is 26.4. The number of hydrogen-bond acceptors (Lipinski definition) is 4. The number of benzene rings is 3. The summed E-state index contributed by atoms with van der Waals surface area (Å²) in [4.78, 5) is 24.4. The average molecular weight is 384 g/mol. The molecule has 0 heterocycles. The molecule has 0 aliphatic heterocycles. The maximum absolute atomic E-state index is 13.2. The minimum atomic E-state index is -0.899. The highest BCUT2D eigenvalue weighted by molar-refractivity contribution is 6.08. The number of anilines is 2. The molecule has 0 unspecified atom stereocenters. The Bertz CT molecular complexity index is 1050. The molecular weight excluding hydrogens is 370 g/mol. The van der Waals surface area contributed by atoms with Crippen molar-refractivity contribution >= 4 is 23.2 Å². The Morgan fingerprint density at radius 2 is 1.43 bits per heavy atom. The number of carbonyl (C=O) groups is 2. The van der Waals surface area contributed by atoms with E-state index in [-0.39, 0.29) is 28.3 Å². The van der Waals surface area contributed by atoms with E-state index >= 15 is 0 Å². The van der Waals surface area contributed by atoms with Crippen molar-refractivity contribution in [3.63, 3.8) is 0 Å². The summed E-state index contributed by atoms with van der Waals surface area (Å²) in [5.74, 6) is -3.83. The molecule has 0 radical (unpaired) electrons. The fraction of sp³-hybridized carbons (Fsp3) is 0. The zero-order valence-corrected chi connectivity index (χ0v) is 14.2. The second kappa shape index (κ2) is 7.75. The van der Waals surface area contributed by atoms with Gasteiger partial charge in [0.25, 0.3) is 11.8 Å². The van der Waals surface area contributed by atoms with Crippen LogP contribution >= 0.6 is 0 Å². The van der Waals surface area contributed by atoms with Crippen molar-refractivity contribution < 1.29 is 28.6 Å². The largest absolute Gasteiger partial charge is 0.507 e. The van der Waals surface area contributed by atoms with Crippen molar-refractivity contribution in [1.82, 2.24) is 0 Å². The van der Waals surface area contributed by atoms with Gasteiger partial charge in [-0.1, -0.05) is 12.1 Å². The van der Waals surface area contributed by atoms with Crippen LogP contribution in [-0.4, -0.2) is 22.0 Å². The van der Waals surface area contributed by atoms with Crippen LogP contribution in [0.4, 0.5) is 20.2 Å². The summed E-state index contributed by atoms with van der Waals surface area (Å²) in [6.07, 6.45) is 0. The molecule has 28 heavy (non-hydrogen) atoms. The van der Waals surface area contributed by atoms with Gasteiger partial charge in [0.1, 0.15) is 23.1 Å². The van der Waals surface area contributed by atoms with Gasteiger partial charge in [0.2, 0.25) is 0 Å². The highest BCUT2D eigenvalue weighted by Crippen LogP contribution is 2.26. The number of amides is 2. The Labute approximate surface area is 158 Å². The van der Waals surface area contributed by atoms with Crippen LogP contribution in [0, 0.1) is 11.6 Å². The van der Waals surface area contributed by atoms with Crippen LogP contribution in [0.5, 0.6) is 11.5 Å². The Morgan fingerprint density at radius 3 is 2.07 bits per heavy atom. The molecule has 0 atom stereocenters. The third-order valence-electron chi connectivity index (χ3n) is 3.78. The van der Waals surface area contributed by atoms with Gasteiger partial charge in [-0.3, -0.25) is 9.59 Å². The molecule has 0 aliphatic carbocycles. The van der Waals surface area contributed by atoms with Crippen molar-refractivity contribution in [2.24, 2.45) is 0 Å². The van der Waals surface area contributed by atoms with Gasteiger partial charge in [0, 0.05) is 23.4 Å². The normalized spacial score (nSPS) is 10.4. The molecule has 0 fully saturated rings. The van der Waals surface area contributed by atoms with E-state index in [2.05, 4.69) is 10.6 Å². The third-order valence-corrected chi connectivity index (χ3v) is 3.78. The van der Waals surface area contributed by atoms with Gasteiger partial charge in [-0.05, 0) is 36.4 Å². The molecule has 0 bridgehead atoms. The van der Waals surface area contributed by atoms with Crippen LogP contribution in [0.1, 0.15) is 20.7 Å². The number of para-hydroxylation sites is 2. The lowest BCUT2D eigenvalue weighted by Crippen LogP contribution is -2.14. The van der Waals surface area contributed by atoms with E-state index in [0.29, 0.717) is 6.07 Å². The van der Waals surface area contributed by atoms with Crippen LogP contribution < -0.4 is 10.6 Å². The van der Waals surface area contributed by atoms with Gasteiger partial charge >= 0.3 is 0 Å². The van der Waals surface area contributed by atoms with E-state index in [9.17, 15) is 28.6 Å². The van der Waals surface area contributed by atoms with E-state index < -0.39 is 29.2 Å². The monoisotopic (exact) mass is 384 g/mol. The Balaban J connectivity index is 1.75. The lowest BCUT2D eigenvalue weighted by atomic mass is 10.1. The molecule has 0 saturated heterocycles. The molecule has 142 valence electrons. The Hall–Kier alpha value is -3.94. The van der Waals surface area contributed by atoms with Crippen molar-refractivity contribution in [2.45, 2.75) is 0 Å². The first kappa shape index (κ1) is 18.8. The Kier molecular flexibility index (Phi) is 5.21. The van der Waals surface area contributed by atoms with E-state index in [4.69, 9.17) is 0 Å². The zero-order valence-electron chi connectivity index (χ0n) is 14.2. The number of aromatic hydroxyl groups is 2. The van der Waals surface area contributed by atoms with E-state index in [0.717, 1.165) is 18.2 Å². The molecule has 0 saturated carbocycles. The van der Waals surface area contributed by atoms with Crippen molar-refractivity contribution in [3.05, 3.63) is 83.4 Å². The molecule has 3 rings (SSSR count). The quantitative estimate of drug-likeness (QED) is 0.513. The molecule has 0 spiro atoms. The van der Waals surface area contributed by atoms with Gasteiger partial charge in [-0.2, -0.15) is 0 Å². The molecule has 8 heteroatoms. The summed E-state index contributed by atoms with van der Waals surface area (Å²) in [7, 11) is 0. The smallest absolute Gasteiger partial charge is 0.259 e. The van der Waals surface area contributed by atoms with Crippen molar-refractivity contribution in [2.75, 3.05) is 10.6 Å². The van der Waals surface area contributed by atoms with Gasteiger partial charge < -0.3 is 20.8 Å². The second-order valence-electron chi connectivity index (χ2n) is 5.82. The zero-order chi connectivity index (χ0) is 20.3. The summed E-state index contributed by atoms with van der Waals surface area (Å²) >= 11 is 0. The van der Waals surface area contributed by atoms with E-state index in [1.54, 1.807) is 12.1 Å². The topological polar surface area (TPSA) is 98.7 Å². The fourth-order valence-electron chi connectivity index (χ4n) is 2.46. The van der Waals surface area contributed by atoms with Gasteiger partial charge in [-0.25, -0.2) is 8.78 Å². The minimum Gasteiger partial charge on any atom is -0.507 e. The first-order chi connectivity index (χ1) is 13.3. The van der Waals surface area contributed by atoms with Gasteiger partial charge in [0.05, 0.1) is 11.3 Å². The van der Waals surface area contributed by atoms with Crippen molar-refractivity contribution in [1.29, 1.82) is 0 Å². The summed E-state index contributed by atoms with van der Waals surface area (Å²) in [6, 6.07) is 12.2. The fourth-order valence-corrected chi connectivity index (χ4v) is 2.46. The van der Waals surface area contributed by atoms with Crippen molar-refractivity contribution in [3.8, 4) is 11.5 Å². The lowest BCUT2D eigenvalue weighted by Gasteiger charge is -2.10. The highest BCUT2D eigenvalue weighted by atomic mass is 19.1. The average Bonchev–Trinajstić information content (AvgIpc) is 2.63. The van der Waals surface area contributed by atoms with Gasteiger partial charge in [0.15, 0.2) is 0 Å². The number of phenols is 2. The lowest BCUT2D eigenvalue weighted by molar-refractivity contribution is 0.101. The maximum atomic E-state index is 13.2. The maximum Gasteiger partial charge on any atom is 0.259 e. The number of carbonyl (C=O) groups excluding carboxylic acids is 2. The number of phenolic OH excluding ortho intramolecular Hbond substituents is 2. The molecule has 6 nitrogen and oxygen atoms in total.